The lowest BCUT2D eigenvalue weighted by Gasteiger charge is -2.49. The smallest absolute Gasteiger partial charge is 0.339 e. The lowest BCUT2D eigenvalue weighted by molar-refractivity contribution is -0.334. The average Bonchev–Trinajstić information content (AvgIpc) is 2.88. The quantitative estimate of drug-likeness (QED) is 0.333. The van der Waals surface area contributed by atoms with E-state index in [0.29, 0.717) is 46.9 Å². The molecule has 0 radical (unpaired) electrons. The van der Waals surface area contributed by atoms with Crippen molar-refractivity contribution in [3.8, 4) is 5.75 Å². The monoisotopic (exact) mass is 524 g/mol. The van der Waals surface area contributed by atoms with Crippen LogP contribution in [0.3, 0.4) is 0 Å². The summed E-state index contributed by atoms with van der Waals surface area (Å²) in [6.45, 7) is 10.2. The number of phenolic OH excluding ortho intramolecular Hbond substituents is 1. The molecule has 3 aliphatic heterocycles. The summed E-state index contributed by atoms with van der Waals surface area (Å²) in [4.78, 5) is 13.6. The molecular weight excluding hydrogens is 480 g/mol. The van der Waals surface area contributed by atoms with Gasteiger partial charge >= 0.3 is 5.97 Å². The number of aryl methyl sites for hydroxylation is 1. The van der Waals surface area contributed by atoms with E-state index in [1.165, 1.54) is 5.57 Å². The summed E-state index contributed by atoms with van der Waals surface area (Å²) in [6.07, 6.45) is 13.1. The molecule has 0 amide bonds. The van der Waals surface area contributed by atoms with Crippen molar-refractivity contribution in [2.24, 2.45) is 11.8 Å². The third-order valence-electron chi connectivity index (χ3n) is 8.29. The number of benzene rings is 1. The van der Waals surface area contributed by atoms with E-state index in [1.54, 1.807) is 19.1 Å². The number of allylic oxidation sites excluding steroid dienone is 4. The number of carbonyl (C=O) groups is 1. The molecule has 1 spiro atoms. The lowest BCUT2D eigenvalue weighted by Crippen LogP contribution is -2.54. The summed E-state index contributed by atoms with van der Waals surface area (Å²) >= 11 is 0. The zero-order chi connectivity index (χ0) is 27.4. The highest BCUT2D eigenvalue weighted by Crippen LogP contribution is 2.43. The van der Waals surface area contributed by atoms with Crippen molar-refractivity contribution in [2.45, 2.75) is 104 Å². The number of esters is 1. The van der Waals surface area contributed by atoms with Crippen molar-refractivity contribution >= 4 is 11.5 Å². The van der Waals surface area contributed by atoms with Crippen LogP contribution in [0, 0.1) is 18.8 Å². The van der Waals surface area contributed by atoms with Gasteiger partial charge in [0.15, 0.2) is 5.79 Å². The van der Waals surface area contributed by atoms with Crippen LogP contribution in [-0.4, -0.2) is 46.9 Å². The minimum absolute atomic E-state index is 0.0730. The highest BCUT2D eigenvalue weighted by atomic mass is 16.7. The van der Waals surface area contributed by atoms with Crippen LogP contribution in [0.1, 0.15) is 94.1 Å². The number of fused-ring (bicyclic) bond motifs is 3. The van der Waals surface area contributed by atoms with Crippen LogP contribution >= 0.6 is 0 Å². The van der Waals surface area contributed by atoms with E-state index in [9.17, 15) is 15.0 Å². The first-order valence-corrected chi connectivity index (χ1v) is 14.2. The van der Waals surface area contributed by atoms with Gasteiger partial charge in [0.25, 0.3) is 0 Å². The molecule has 6 atom stereocenters. The maximum atomic E-state index is 13.6. The summed E-state index contributed by atoms with van der Waals surface area (Å²) in [5.41, 5.74) is 3.23. The summed E-state index contributed by atoms with van der Waals surface area (Å²) in [7, 11) is 0. The molecule has 1 aromatic carbocycles. The zero-order valence-corrected chi connectivity index (χ0v) is 23.5. The van der Waals surface area contributed by atoms with Gasteiger partial charge in [0.1, 0.15) is 11.9 Å². The summed E-state index contributed by atoms with van der Waals surface area (Å²) in [5.74, 6) is -0.386. The molecular formula is C32H44O6. The molecule has 4 rings (SSSR count). The first-order valence-electron chi connectivity index (χ1n) is 14.2. The van der Waals surface area contributed by atoms with Gasteiger partial charge in [-0.25, -0.2) is 4.79 Å². The number of aliphatic hydroxyl groups is 1. The summed E-state index contributed by atoms with van der Waals surface area (Å²) < 4.78 is 19.5. The number of hydrogen-bond acceptors (Lipinski definition) is 6. The van der Waals surface area contributed by atoms with Gasteiger partial charge in [0.05, 0.1) is 24.4 Å². The maximum absolute atomic E-state index is 13.6. The number of rotatable bonds is 2. The Hall–Kier alpha value is -2.41. The van der Waals surface area contributed by atoms with Gasteiger partial charge in [-0.05, 0) is 80.2 Å². The minimum Gasteiger partial charge on any atom is -0.508 e. The predicted molar refractivity (Wildman–Crippen MR) is 149 cm³/mol. The molecule has 0 aromatic heterocycles. The lowest BCUT2D eigenvalue weighted by atomic mass is 9.85. The molecule has 3 heterocycles. The van der Waals surface area contributed by atoms with Crippen LogP contribution in [-0.2, 0) is 14.2 Å². The third-order valence-corrected chi connectivity index (χ3v) is 8.29. The Labute approximate surface area is 227 Å². The van der Waals surface area contributed by atoms with Gasteiger partial charge in [-0.1, -0.05) is 50.6 Å². The molecule has 1 aromatic rings. The molecule has 2 fully saturated rings. The number of aromatic hydroxyl groups is 1. The summed E-state index contributed by atoms with van der Waals surface area (Å²) in [6, 6.07) is 3.20. The largest absolute Gasteiger partial charge is 0.508 e. The van der Waals surface area contributed by atoms with Gasteiger partial charge in [-0.2, -0.15) is 0 Å². The molecule has 2 N–H and O–H groups in total. The van der Waals surface area contributed by atoms with Crippen molar-refractivity contribution in [1.82, 2.24) is 0 Å². The fourth-order valence-corrected chi connectivity index (χ4v) is 6.09. The number of aliphatic hydroxyl groups excluding tert-OH is 1. The first-order chi connectivity index (χ1) is 18.1. The van der Waals surface area contributed by atoms with Gasteiger partial charge in [0.2, 0.25) is 0 Å². The van der Waals surface area contributed by atoms with Crippen molar-refractivity contribution < 1.29 is 29.2 Å². The average molecular weight is 525 g/mol. The van der Waals surface area contributed by atoms with Crippen LogP contribution in [0.4, 0.5) is 0 Å². The molecule has 0 unspecified atom stereocenters. The third kappa shape index (κ3) is 6.59. The van der Waals surface area contributed by atoms with E-state index in [1.807, 2.05) is 12.2 Å². The van der Waals surface area contributed by atoms with Crippen molar-refractivity contribution in [3.05, 3.63) is 58.7 Å². The van der Waals surface area contributed by atoms with E-state index < -0.39 is 11.8 Å². The predicted octanol–water partition coefficient (Wildman–Crippen LogP) is 6.63. The fraction of sp³-hybridized carbons (Fsp3) is 0.594. The molecule has 6 heteroatoms. The molecule has 208 valence electrons. The van der Waals surface area contributed by atoms with Crippen LogP contribution < -0.4 is 0 Å². The standard InChI is InChI=1S/C32H44O6/c1-6-30-22(4)12-13-32(38-30)18-26-16-25(37-32)11-10-21(3)14-20(2)8-7-9-24(19-33)27-17-29(34)23(5)15-28(27)31(35)36-26/h7-10,15,17,20,22,25-26,30,33-34H,6,11-14,16,18-19H2,1-5H3/b8-7-,21-10-,24-9-/t20-,22-,25+,26-,30+,32+/m0/s1. The molecule has 2 bridgehead atoms. The van der Waals surface area contributed by atoms with E-state index in [0.717, 1.165) is 32.1 Å². The Morgan fingerprint density at radius 3 is 2.63 bits per heavy atom. The van der Waals surface area contributed by atoms with E-state index in [2.05, 4.69) is 39.8 Å². The topological polar surface area (TPSA) is 85.2 Å². The molecule has 0 saturated carbocycles. The Morgan fingerprint density at radius 1 is 1.11 bits per heavy atom. The van der Waals surface area contributed by atoms with Crippen LogP contribution in [0.5, 0.6) is 5.75 Å². The minimum atomic E-state index is -0.756. The molecule has 0 aliphatic carbocycles. The van der Waals surface area contributed by atoms with Gasteiger partial charge in [-0.3, -0.25) is 0 Å². The highest BCUT2D eigenvalue weighted by Gasteiger charge is 2.48. The van der Waals surface area contributed by atoms with E-state index in [4.69, 9.17) is 14.2 Å². The van der Waals surface area contributed by atoms with Crippen LogP contribution in [0.15, 0.2) is 42.0 Å². The second kappa shape index (κ2) is 12.2. The van der Waals surface area contributed by atoms with Crippen molar-refractivity contribution in [2.75, 3.05) is 6.61 Å². The second-order valence-corrected chi connectivity index (χ2v) is 11.6. The van der Waals surface area contributed by atoms with Gasteiger partial charge < -0.3 is 24.4 Å². The zero-order valence-electron chi connectivity index (χ0n) is 23.5. The first kappa shape index (κ1) is 28.6. The Kier molecular flexibility index (Phi) is 9.17. The number of hydrogen-bond donors (Lipinski definition) is 2. The van der Waals surface area contributed by atoms with Crippen molar-refractivity contribution in [1.29, 1.82) is 0 Å². The Morgan fingerprint density at radius 2 is 1.89 bits per heavy atom. The number of carbonyl (C=O) groups excluding carboxylic acids is 1. The number of ether oxygens (including phenoxy) is 3. The van der Waals surface area contributed by atoms with Crippen LogP contribution in [0.25, 0.3) is 5.57 Å². The SMILES string of the molecule is CC[C@H]1O[C@]2(CC[C@@H]1C)C[C@@H]1C[C@@H](C/C=C(/C)C[C@@H](C)/C=C\C=C(\CO)c3cc(O)c(C)cc3C(=O)O1)O2. The molecule has 6 nitrogen and oxygen atoms in total. The molecule has 3 aliphatic rings. The van der Waals surface area contributed by atoms with Crippen LogP contribution in [0.2, 0.25) is 0 Å². The number of phenols is 1. The normalized spacial score (nSPS) is 36.4. The summed E-state index contributed by atoms with van der Waals surface area (Å²) in [5, 5.41) is 20.6. The maximum Gasteiger partial charge on any atom is 0.339 e. The van der Waals surface area contributed by atoms with E-state index >= 15 is 0 Å². The highest BCUT2D eigenvalue weighted by molar-refractivity contribution is 5.96. The van der Waals surface area contributed by atoms with Gasteiger partial charge in [-0.15, -0.1) is 0 Å². The van der Waals surface area contributed by atoms with Crippen molar-refractivity contribution in [3.63, 3.8) is 0 Å². The Bertz CT molecular complexity index is 1100. The fourth-order valence-electron chi connectivity index (χ4n) is 6.09. The van der Waals surface area contributed by atoms with Gasteiger partial charge in [0, 0.05) is 19.3 Å². The Balaban J connectivity index is 1.74. The molecule has 38 heavy (non-hydrogen) atoms. The van der Waals surface area contributed by atoms with E-state index in [-0.39, 0.29) is 30.7 Å². The second-order valence-electron chi connectivity index (χ2n) is 11.6. The molecule has 2 saturated heterocycles.